The molecule has 1 aliphatic heterocycles. The van der Waals surface area contributed by atoms with Crippen LogP contribution >= 0.6 is 11.3 Å². The van der Waals surface area contributed by atoms with Gasteiger partial charge in [0, 0.05) is 10.9 Å². The quantitative estimate of drug-likeness (QED) is 0.709. The Morgan fingerprint density at radius 3 is 2.52 bits per heavy atom. The Hall–Kier alpha value is -2.22. The van der Waals surface area contributed by atoms with E-state index in [4.69, 9.17) is 9.47 Å². The lowest BCUT2D eigenvalue weighted by atomic mass is 10.0. The molecule has 156 valence electrons. The average Bonchev–Trinajstić information content (AvgIpc) is 3.11. The highest BCUT2D eigenvalue weighted by atomic mass is 32.1. The zero-order valence-electron chi connectivity index (χ0n) is 17.4. The second-order valence-corrected chi connectivity index (χ2v) is 8.35. The van der Waals surface area contributed by atoms with Crippen LogP contribution in [0.15, 0.2) is 35.7 Å². The summed E-state index contributed by atoms with van der Waals surface area (Å²) in [7, 11) is 0. The van der Waals surface area contributed by atoms with Crippen molar-refractivity contribution < 1.29 is 24.0 Å². The molecule has 29 heavy (non-hydrogen) atoms. The molecule has 0 saturated carbocycles. The largest absolute Gasteiger partial charge is 0.462 e. The number of rotatable bonds is 6. The molecular weight excluding hydrogens is 388 g/mol. The molecule has 0 aliphatic carbocycles. The molecule has 1 unspecified atom stereocenters. The van der Waals surface area contributed by atoms with Gasteiger partial charge in [-0.2, -0.15) is 0 Å². The van der Waals surface area contributed by atoms with Crippen LogP contribution in [0.2, 0.25) is 0 Å². The molecule has 2 aromatic rings. The summed E-state index contributed by atoms with van der Waals surface area (Å²) in [4.78, 5) is 26.8. The lowest BCUT2D eigenvalue weighted by Crippen LogP contribution is -3.19. The minimum Gasteiger partial charge on any atom is -0.462 e. The number of hydrogen-bond acceptors (Lipinski definition) is 5. The molecule has 0 radical (unpaired) electrons. The molecule has 6 nitrogen and oxygen atoms in total. The molecule has 2 N–H and O–H groups in total. The normalized spacial score (nSPS) is 22.7. The molecule has 1 aromatic heterocycles. The highest BCUT2D eigenvalue weighted by Crippen LogP contribution is 2.36. The molecule has 2 heterocycles. The van der Waals surface area contributed by atoms with Crippen LogP contribution in [-0.2, 0) is 14.3 Å². The van der Waals surface area contributed by atoms with Gasteiger partial charge in [-0.1, -0.05) is 30.3 Å². The third-order valence-electron chi connectivity index (χ3n) is 5.16. The van der Waals surface area contributed by atoms with E-state index >= 15 is 0 Å². The Morgan fingerprint density at radius 1 is 1.24 bits per heavy atom. The summed E-state index contributed by atoms with van der Waals surface area (Å²) >= 11 is 1.35. The van der Waals surface area contributed by atoms with Crippen LogP contribution < -0.4 is 10.2 Å². The van der Waals surface area contributed by atoms with Crippen molar-refractivity contribution in [2.24, 2.45) is 0 Å². The van der Waals surface area contributed by atoms with Gasteiger partial charge in [0.05, 0.1) is 6.61 Å². The number of esters is 1. The van der Waals surface area contributed by atoms with Crippen LogP contribution in [0.4, 0.5) is 5.00 Å². The Morgan fingerprint density at radius 2 is 1.90 bits per heavy atom. The van der Waals surface area contributed by atoms with Crippen molar-refractivity contribution in [2.75, 3.05) is 25.0 Å². The van der Waals surface area contributed by atoms with Crippen molar-refractivity contribution in [3.8, 4) is 11.1 Å². The molecule has 7 heteroatoms. The van der Waals surface area contributed by atoms with E-state index < -0.39 is 5.97 Å². The van der Waals surface area contributed by atoms with Gasteiger partial charge in [-0.05, 0) is 33.3 Å². The highest BCUT2D eigenvalue weighted by molar-refractivity contribution is 7.15. The number of quaternary nitrogens is 1. The molecular formula is C22H29N2O4S+. The highest BCUT2D eigenvalue weighted by Gasteiger charge is 2.34. The minimum absolute atomic E-state index is 0.103. The van der Waals surface area contributed by atoms with E-state index in [2.05, 4.69) is 5.32 Å². The smallest absolute Gasteiger partial charge is 0.341 e. The Labute approximate surface area is 175 Å². The van der Waals surface area contributed by atoms with Crippen molar-refractivity contribution in [2.45, 2.75) is 45.9 Å². The van der Waals surface area contributed by atoms with Gasteiger partial charge in [0.25, 0.3) is 5.91 Å². The Kier molecular flexibility index (Phi) is 7.05. The SMILES string of the molecule is CCOC(=O)c1c(-c2ccccc2)csc1NC(=O)[C@@H](C)[NH+]1C[C@@H](C)O[C@@H](C)C1. The minimum atomic E-state index is -0.420. The third-order valence-corrected chi connectivity index (χ3v) is 6.06. The molecule has 4 atom stereocenters. The van der Waals surface area contributed by atoms with Gasteiger partial charge < -0.3 is 19.7 Å². The first-order valence-corrected chi connectivity index (χ1v) is 10.9. The number of carbonyl (C=O) groups is 2. The number of thiophene rings is 1. The van der Waals surface area contributed by atoms with Gasteiger partial charge in [0.15, 0.2) is 6.04 Å². The number of hydrogen-bond donors (Lipinski definition) is 2. The second kappa shape index (κ2) is 9.52. The van der Waals surface area contributed by atoms with Crippen molar-refractivity contribution in [3.63, 3.8) is 0 Å². The van der Waals surface area contributed by atoms with E-state index in [1.807, 2.05) is 56.5 Å². The molecule has 1 fully saturated rings. The van der Waals surface area contributed by atoms with Crippen molar-refractivity contribution in [1.29, 1.82) is 0 Å². The van der Waals surface area contributed by atoms with Crippen LogP contribution in [0.1, 0.15) is 38.1 Å². The van der Waals surface area contributed by atoms with Gasteiger partial charge in [-0.15, -0.1) is 11.3 Å². The number of amides is 1. The van der Waals surface area contributed by atoms with Crippen LogP contribution in [0.5, 0.6) is 0 Å². The maximum Gasteiger partial charge on any atom is 0.341 e. The number of ether oxygens (including phenoxy) is 2. The first kappa shape index (κ1) is 21.5. The summed E-state index contributed by atoms with van der Waals surface area (Å²) in [6.45, 7) is 9.60. The summed E-state index contributed by atoms with van der Waals surface area (Å²) in [5.74, 6) is -0.523. The summed E-state index contributed by atoms with van der Waals surface area (Å²) < 4.78 is 11.1. The third kappa shape index (κ3) is 5.04. The predicted octanol–water partition coefficient (Wildman–Crippen LogP) is 2.61. The number of morpholine rings is 1. The fourth-order valence-electron chi connectivity index (χ4n) is 3.76. The van der Waals surface area contributed by atoms with Gasteiger partial charge in [0.2, 0.25) is 0 Å². The van der Waals surface area contributed by atoms with Gasteiger partial charge in [0.1, 0.15) is 35.9 Å². The zero-order valence-corrected chi connectivity index (χ0v) is 18.2. The fraction of sp³-hybridized carbons (Fsp3) is 0.455. The number of benzene rings is 1. The molecule has 1 amide bonds. The molecule has 0 bridgehead atoms. The summed E-state index contributed by atoms with van der Waals surface area (Å²) in [5.41, 5.74) is 2.11. The maximum absolute atomic E-state index is 13.0. The first-order valence-electron chi connectivity index (χ1n) is 10.1. The molecule has 1 aromatic carbocycles. The van der Waals surface area contributed by atoms with Crippen molar-refractivity contribution in [1.82, 2.24) is 0 Å². The van der Waals surface area contributed by atoms with Crippen LogP contribution in [0.3, 0.4) is 0 Å². The van der Waals surface area contributed by atoms with Gasteiger partial charge in [-0.3, -0.25) is 4.79 Å². The van der Waals surface area contributed by atoms with Gasteiger partial charge in [-0.25, -0.2) is 4.79 Å². The average molecular weight is 418 g/mol. The van der Waals surface area contributed by atoms with E-state index in [1.165, 1.54) is 16.2 Å². The maximum atomic E-state index is 13.0. The Bertz CT molecular complexity index is 842. The monoisotopic (exact) mass is 417 g/mol. The zero-order chi connectivity index (χ0) is 21.0. The van der Waals surface area contributed by atoms with E-state index in [-0.39, 0.29) is 30.8 Å². The van der Waals surface area contributed by atoms with E-state index in [0.29, 0.717) is 10.6 Å². The standard InChI is InChI=1S/C22H28N2O4S/c1-5-27-22(26)19-18(17-9-7-6-8-10-17)13-29-21(19)23-20(25)16(4)24-11-14(2)28-15(3)12-24/h6-10,13-16H,5,11-12H2,1-4H3,(H,23,25)/p+1/t14-,15+,16-/m1/s1. The van der Waals surface area contributed by atoms with Crippen molar-refractivity contribution >= 4 is 28.2 Å². The number of nitrogens with one attached hydrogen (secondary N) is 2. The van der Waals surface area contributed by atoms with Crippen LogP contribution in [-0.4, -0.2) is 49.8 Å². The summed E-state index contributed by atoms with van der Waals surface area (Å²) in [5, 5.41) is 5.42. The first-order chi connectivity index (χ1) is 13.9. The number of carbonyl (C=O) groups excluding carboxylic acids is 2. The fourth-order valence-corrected chi connectivity index (χ4v) is 4.72. The summed E-state index contributed by atoms with van der Waals surface area (Å²) in [6, 6.07) is 9.41. The molecule has 0 spiro atoms. The van der Waals surface area contributed by atoms with Gasteiger partial charge >= 0.3 is 5.97 Å². The predicted molar refractivity (Wildman–Crippen MR) is 115 cm³/mol. The topological polar surface area (TPSA) is 69.1 Å². The number of anilines is 1. The van der Waals surface area contributed by atoms with E-state index in [0.717, 1.165) is 24.2 Å². The van der Waals surface area contributed by atoms with E-state index in [9.17, 15) is 9.59 Å². The molecule has 3 rings (SSSR count). The molecule has 1 saturated heterocycles. The van der Waals surface area contributed by atoms with Crippen LogP contribution in [0, 0.1) is 0 Å². The van der Waals surface area contributed by atoms with E-state index in [1.54, 1.807) is 6.92 Å². The van der Waals surface area contributed by atoms with Crippen molar-refractivity contribution in [3.05, 3.63) is 41.3 Å². The lowest BCUT2D eigenvalue weighted by molar-refractivity contribution is -0.928. The Balaban J connectivity index is 1.83. The molecule has 1 aliphatic rings. The lowest BCUT2D eigenvalue weighted by Gasteiger charge is -2.35. The summed E-state index contributed by atoms with van der Waals surface area (Å²) in [6.07, 6.45) is 0.232. The van der Waals surface area contributed by atoms with Crippen LogP contribution in [0.25, 0.3) is 11.1 Å². The second-order valence-electron chi connectivity index (χ2n) is 7.47.